The lowest BCUT2D eigenvalue weighted by Gasteiger charge is -2.12. The molecule has 0 radical (unpaired) electrons. The van der Waals surface area contributed by atoms with Gasteiger partial charge >= 0.3 is 0 Å². The van der Waals surface area contributed by atoms with E-state index < -0.39 is 0 Å². The normalized spacial score (nSPS) is 12.5. The predicted molar refractivity (Wildman–Crippen MR) is 79.5 cm³/mol. The van der Waals surface area contributed by atoms with Crippen LogP contribution in [0.4, 0.5) is 0 Å². The van der Waals surface area contributed by atoms with Gasteiger partial charge in [-0.05, 0) is 30.5 Å². The molecule has 1 heterocycles. The highest BCUT2D eigenvalue weighted by molar-refractivity contribution is 5.77. The first-order valence-electron chi connectivity index (χ1n) is 7.07. The van der Waals surface area contributed by atoms with Crippen LogP contribution in [0.2, 0.25) is 0 Å². The Morgan fingerprint density at radius 2 is 2.25 bits per heavy atom. The first-order valence-corrected chi connectivity index (χ1v) is 7.07. The molecule has 1 aromatic carbocycles. The zero-order valence-electron chi connectivity index (χ0n) is 12.4. The van der Waals surface area contributed by atoms with Gasteiger partial charge < -0.3 is 9.30 Å². The van der Waals surface area contributed by atoms with Gasteiger partial charge in [0.25, 0.3) is 0 Å². The number of methoxy groups -OCH3 is 1. The van der Waals surface area contributed by atoms with Gasteiger partial charge in [-0.25, -0.2) is 4.98 Å². The van der Waals surface area contributed by atoms with Gasteiger partial charge in [-0.3, -0.25) is 0 Å². The Bertz CT molecular complexity index is 624. The third kappa shape index (κ3) is 3.00. The second-order valence-electron chi connectivity index (χ2n) is 5.26. The zero-order valence-corrected chi connectivity index (χ0v) is 12.4. The van der Waals surface area contributed by atoms with Crippen molar-refractivity contribution in [3.8, 4) is 6.07 Å². The minimum Gasteiger partial charge on any atom is -0.384 e. The number of rotatable bonds is 6. The number of nitriles is 1. The highest BCUT2D eigenvalue weighted by Gasteiger charge is 2.13. The Balaban J connectivity index is 2.41. The highest BCUT2D eigenvalue weighted by atomic mass is 16.5. The van der Waals surface area contributed by atoms with Crippen LogP contribution in [0.25, 0.3) is 11.0 Å². The molecule has 0 bridgehead atoms. The minimum absolute atomic E-state index is 0.433. The average molecular weight is 271 g/mol. The summed E-state index contributed by atoms with van der Waals surface area (Å²) in [5.41, 5.74) is 2.69. The van der Waals surface area contributed by atoms with Crippen LogP contribution in [0, 0.1) is 17.2 Å². The number of hydrogen-bond donors (Lipinski definition) is 0. The van der Waals surface area contributed by atoms with Crippen molar-refractivity contribution in [2.45, 2.75) is 33.2 Å². The SMILES string of the molecule is CCCn1c(CC(C)COC)nc2cc(C#N)ccc21. The van der Waals surface area contributed by atoms with E-state index >= 15 is 0 Å². The second kappa shape index (κ2) is 6.53. The number of benzene rings is 1. The van der Waals surface area contributed by atoms with Crippen molar-refractivity contribution in [1.29, 1.82) is 5.26 Å². The summed E-state index contributed by atoms with van der Waals surface area (Å²) in [6, 6.07) is 7.90. The van der Waals surface area contributed by atoms with Crippen molar-refractivity contribution >= 4 is 11.0 Å². The zero-order chi connectivity index (χ0) is 14.5. The van der Waals surface area contributed by atoms with Crippen molar-refractivity contribution in [3.63, 3.8) is 0 Å². The number of nitrogens with zero attached hydrogens (tertiary/aromatic N) is 3. The van der Waals surface area contributed by atoms with Gasteiger partial charge in [-0.2, -0.15) is 5.26 Å². The van der Waals surface area contributed by atoms with Crippen LogP contribution in [0.1, 0.15) is 31.7 Å². The van der Waals surface area contributed by atoms with E-state index in [0.29, 0.717) is 11.5 Å². The summed E-state index contributed by atoms with van der Waals surface area (Å²) in [5.74, 6) is 1.52. The molecular formula is C16H21N3O. The van der Waals surface area contributed by atoms with E-state index in [1.54, 1.807) is 7.11 Å². The molecule has 1 aromatic heterocycles. The summed E-state index contributed by atoms with van der Waals surface area (Å²) in [6.07, 6.45) is 1.96. The smallest absolute Gasteiger partial charge is 0.110 e. The summed E-state index contributed by atoms with van der Waals surface area (Å²) < 4.78 is 7.47. The summed E-state index contributed by atoms with van der Waals surface area (Å²) in [6.45, 7) is 6.02. The molecule has 1 unspecified atom stereocenters. The molecule has 4 heteroatoms. The molecule has 0 aliphatic heterocycles. The number of hydrogen-bond acceptors (Lipinski definition) is 3. The van der Waals surface area contributed by atoms with Gasteiger partial charge in [-0.1, -0.05) is 13.8 Å². The summed E-state index contributed by atoms with van der Waals surface area (Å²) >= 11 is 0. The molecule has 0 saturated heterocycles. The lowest BCUT2D eigenvalue weighted by atomic mass is 10.1. The van der Waals surface area contributed by atoms with E-state index in [1.165, 1.54) is 0 Å². The van der Waals surface area contributed by atoms with Gasteiger partial charge in [0.1, 0.15) is 5.82 Å². The Kier molecular flexibility index (Phi) is 4.75. The summed E-state index contributed by atoms with van der Waals surface area (Å²) in [7, 11) is 1.73. The molecule has 2 rings (SSSR count). The van der Waals surface area contributed by atoms with Crippen molar-refractivity contribution in [2.24, 2.45) is 5.92 Å². The van der Waals surface area contributed by atoms with Crippen LogP contribution in [0.15, 0.2) is 18.2 Å². The number of imidazole rings is 1. The van der Waals surface area contributed by atoms with Crippen molar-refractivity contribution in [1.82, 2.24) is 9.55 Å². The van der Waals surface area contributed by atoms with Gasteiger partial charge in [0.05, 0.1) is 22.7 Å². The molecule has 0 fully saturated rings. The lowest BCUT2D eigenvalue weighted by molar-refractivity contribution is 0.158. The van der Waals surface area contributed by atoms with E-state index in [2.05, 4.69) is 24.5 Å². The van der Waals surface area contributed by atoms with Crippen LogP contribution in [-0.2, 0) is 17.7 Å². The van der Waals surface area contributed by atoms with Gasteiger partial charge in [0.2, 0.25) is 0 Å². The maximum absolute atomic E-state index is 8.99. The van der Waals surface area contributed by atoms with E-state index in [4.69, 9.17) is 15.0 Å². The third-order valence-corrected chi connectivity index (χ3v) is 3.39. The van der Waals surface area contributed by atoms with Crippen LogP contribution in [-0.4, -0.2) is 23.3 Å². The van der Waals surface area contributed by atoms with E-state index in [0.717, 1.165) is 42.9 Å². The second-order valence-corrected chi connectivity index (χ2v) is 5.26. The number of ether oxygens (including phenoxy) is 1. The molecule has 1 atom stereocenters. The third-order valence-electron chi connectivity index (χ3n) is 3.39. The maximum atomic E-state index is 8.99. The quantitative estimate of drug-likeness (QED) is 0.811. The number of fused-ring (bicyclic) bond motifs is 1. The first kappa shape index (κ1) is 14.5. The predicted octanol–water partition coefficient (Wildman–Crippen LogP) is 3.14. The lowest BCUT2D eigenvalue weighted by Crippen LogP contribution is -2.12. The molecule has 2 aromatic rings. The van der Waals surface area contributed by atoms with Gasteiger partial charge in [0.15, 0.2) is 0 Å². The number of aromatic nitrogens is 2. The van der Waals surface area contributed by atoms with E-state index in [9.17, 15) is 0 Å². The van der Waals surface area contributed by atoms with Crippen LogP contribution in [0.5, 0.6) is 0 Å². The highest BCUT2D eigenvalue weighted by Crippen LogP contribution is 2.20. The molecule has 0 saturated carbocycles. The maximum Gasteiger partial charge on any atom is 0.110 e. The summed E-state index contributed by atoms with van der Waals surface area (Å²) in [5, 5.41) is 8.99. The summed E-state index contributed by atoms with van der Waals surface area (Å²) in [4.78, 5) is 4.72. The van der Waals surface area contributed by atoms with Crippen molar-refractivity contribution in [3.05, 3.63) is 29.6 Å². The average Bonchev–Trinajstić information content (AvgIpc) is 2.76. The van der Waals surface area contributed by atoms with Gasteiger partial charge in [-0.15, -0.1) is 0 Å². The molecule has 0 N–H and O–H groups in total. The van der Waals surface area contributed by atoms with Gasteiger partial charge in [0, 0.05) is 26.7 Å². The minimum atomic E-state index is 0.433. The Morgan fingerprint density at radius 1 is 1.45 bits per heavy atom. The Hall–Kier alpha value is -1.86. The molecule has 0 amide bonds. The molecule has 0 spiro atoms. The fraction of sp³-hybridized carbons (Fsp3) is 0.500. The van der Waals surface area contributed by atoms with Crippen LogP contribution in [0.3, 0.4) is 0 Å². The molecule has 20 heavy (non-hydrogen) atoms. The molecule has 106 valence electrons. The Labute approximate surface area is 120 Å². The fourth-order valence-electron chi connectivity index (χ4n) is 2.53. The molecule has 0 aliphatic rings. The standard InChI is InChI=1S/C16H21N3O/c1-4-7-19-15-6-5-13(10-17)9-14(15)18-16(19)8-12(2)11-20-3/h5-6,9,12H,4,7-8,11H2,1-3H3. The largest absolute Gasteiger partial charge is 0.384 e. The monoisotopic (exact) mass is 271 g/mol. The first-order chi connectivity index (χ1) is 9.69. The van der Waals surface area contributed by atoms with Crippen molar-refractivity contribution in [2.75, 3.05) is 13.7 Å². The topological polar surface area (TPSA) is 50.8 Å². The van der Waals surface area contributed by atoms with E-state index in [-0.39, 0.29) is 0 Å². The Morgan fingerprint density at radius 3 is 2.90 bits per heavy atom. The molecule has 4 nitrogen and oxygen atoms in total. The van der Waals surface area contributed by atoms with Crippen LogP contribution < -0.4 is 0 Å². The van der Waals surface area contributed by atoms with Crippen LogP contribution >= 0.6 is 0 Å². The van der Waals surface area contributed by atoms with E-state index in [1.807, 2.05) is 18.2 Å². The molecule has 0 aliphatic carbocycles. The van der Waals surface area contributed by atoms with Crippen molar-refractivity contribution < 1.29 is 4.74 Å². The molecular weight excluding hydrogens is 250 g/mol. The fourth-order valence-corrected chi connectivity index (χ4v) is 2.53. The number of aryl methyl sites for hydroxylation is 1.